The van der Waals surface area contributed by atoms with Gasteiger partial charge in [0.25, 0.3) is 0 Å². The van der Waals surface area contributed by atoms with Gasteiger partial charge >= 0.3 is 0 Å². The minimum absolute atomic E-state index is 0.241. The van der Waals surface area contributed by atoms with Gasteiger partial charge in [0.2, 0.25) is 0 Å². The fourth-order valence-corrected chi connectivity index (χ4v) is 1.63. The summed E-state index contributed by atoms with van der Waals surface area (Å²) in [6, 6.07) is 5.97. The van der Waals surface area contributed by atoms with Crippen LogP contribution in [0.5, 0.6) is 0 Å². The van der Waals surface area contributed by atoms with Crippen LogP contribution in [0.1, 0.15) is 33.3 Å². The third-order valence-corrected chi connectivity index (χ3v) is 3.51. The highest BCUT2D eigenvalue weighted by atomic mass is 35.5. The van der Waals surface area contributed by atoms with Crippen LogP contribution < -0.4 is 5.32 Å². The number of nitrogens with one attached hydrogen (secondary N) is 1. The first-order chi connectivity index (χ1) is 7.30. The van der Waals surface area contributed by atoms with Crippen molar-refractivity contribution >= 4 is 23.2 Å². The largest absolute Gasteiger partial charge is 0.310 e. The van der Waals surface area contributed by atoms with Gasteiger partial charge < -0.3 is 5.32 Å². The molecule has 1 aromatic rings. The van der Waals surface area contributed by atoms with Gasteiger partial charge in [-0.15, -0.1) is 0 Å². The molecule has 0 radical (unpaired) electrons. The normalized spacial score (nSPS) is 13.9. The molecule has 0 heterocycles. The minimum atomic E-state index is 0.241. The molecule has 1 atom stereocenters. The van der Waals surface area contributed by atoms with Crippen LogP contribution in [0.15, 0.2) is 18.2 Å². The minimum Gasteiger partial charge on any atom is -0.310 e. The first-order valence-electron chi connectivity index (χ1n) is 5.48. The number of halogens is 2. The van der Waals surface area contributed by atoms with Crippen molar-refractivity contribution in [1.82, 2.24) is 5.32 Å². The highest BCUT2D eigenvalue weighted by Crippen LogP contribution is 2.22. The summed E-state index contributed by atoms with van der Waals surface area (Å²) in [5.41, 5.74) is 1.29. The topological polar surface area (TPSA) is 12.0 Å². The van der Waals surface area contributed by atoms with Gasteiger partial charge in [0.1, 0.15) is 0 Å². The molecule has 1 N–H and O–H groups in total. The van der Waals surface area contributed by atoms with E-state index >= 15 is 0 Å². The molecule has 0 spiro atoms. The van der Waals surface area contributed by atoms with Crippen LogP contribution in [0.25, 0.3) is 0 Å². The Bertz CT molecular complexity index is 355. The van der Waals surface area contributed by atoms with Gasteiger partial charge in [0, 0.05) is 22.6 Å². The molecule has 0 bridgehead atoms. The Balaban J connectivity index is 2.64. The van der Waals surface area contributed by atoms with Crippen LogP contribution in [-0.4, -0.2) is 6.04 Å². The Morgan fingerprint density at radius 2 is 1.88 bits per heavy atom. The van der Waals surface area contributed by atoms with Gasteiger partial charge in [-0.25, -0.2) is 0 Å². The third kappa shape index (κ3) is 3.97. The number of benzene rings is 1. The van der Waals surface area contributed by atoms with Gasteiger partial charge in [-0.05, 0) is 36.1 Å². The van der Waals surface area contributed by atoms with E-state index in [0.29, 0.717) is 6.04 Å². The molecule has 1 unspecified atom stereocenters. The Morgan fingerprint density at radius 3 is 2.44 bits per heavy atom. The quantitative estimate of drug-likeness (QED) is 0.842. The van der Waals surface area contributed by atoms with E-state index < -0.39 is 0 Å². The smallest absolute Gasteiger partial charge is 0.0451 e. The van der Waals surface area contributed by atoms with E-state index in [1.54, 1.807) is 6.07 Å². The molecular formula is C13H19Cl2N. The predicted molar refractivity (Wildman–Crippen MR) is 72.2 cm³/mol. The summed E-state index contributed by atoms with van der Waals surface area (Å²) in [5.74, 6) is 0. The summed E-state index contributed by atoms with van der Waals surface area (Å²) in [6.45, 7) is 9.56. The van der Waals surface area contributed by atoms with Crippen molar-refractivity contribution in [2.75, 3.05) is 0 Å². The second-order valence-electron chi connectivity index (χ2n) is 5.20. The Labute approximate surface area is 108 Å². The Morgan fingerprint density at radius 1 is 1.25 bits per heavy atom. The molecule has 0 aliphatic heterocycles. The van der Waals surface area contributed by atoms with E-state index in [1.165, 1.54) is 0 Å². The first-order valence-corrected chi connectivity index (χ1v) is 6.23. The highest BCUT2D eigenvalue weighted by molar-refractivity contribution is 6.33. The second-order valence-corrected chi connectivity index (χ2v) is 6.05. The van der Waals surface area contributed by atoms with Gasteiger partial charge in [0.15, 0.2) is 0 Å². The van der Waals surface area contributed by atoms with Crippen LogP contribution in [-0.2, 0) is 6.54 Å². The lowest BCUT2D eigenvalue weighted by Gasteiger charge is -2.28. The maximum absolute atomic E-state index is 6.10. The molecule has 0 aliphatic carbocycles. The predicted octanol–water partition coefficient (Wildman–Crippen LogP) is 4.52. The van der Waals surface area contributed by atoms with Crippen LogP contribution in [0.3, 0.4) is 0 Å². The van der Waals surface area contributed by atoms with Crippen molar-refractivity contribution in [2.24, 2.45) is 5.41 Å². The van der Waals surface area contributed by atoms with Crippen molar-refractivity contribution in [3.63, 3.8) is 0 Å². The van der Waals surface area contributed by atoms with Gasteiger partial charge in [-0.1, -0.05) is 44.0 Å². The standard InChI is InChI=1S/C13H19Cl2N/c1-9(13(2,3)4)16-8-10-7-11(14)5-6-12(10)15/h5-7,9,16H,8H2,1-4H3. The van der Waals surface area contributed by atoms with E-state index in [4.69, 9.17) is 23.2 Å². The maximum Gasteiger partial charge on any atom is 0.0451 e. The average molecular weight is 260 g/mol. The van der Waals surface area contributed by atoms with Gasteiger partial charge in [-0.2, -0.15) is 0 Å². The number of hydrogen-bond acceptors (Lipinski definition) is 1. The highest BCUT2D eigenvalue weighted by Gasteiger charge is 2.19. The van der Waals surface area contributed by atoms with Crippen molar-refractivity contribution in [1.29, 1.82) is 0 Å². The van der Waals surface area contributed by atoms with E-state index in [9.17, 15) is 0 Å². The fraction of sp³-hybridized carbons (Fsp3) is 0.538. The molecule has 1 aromatic carbocycles. The zero-order valence-corrected chi connectivity index (χ0v) is 11.8. The molecule has 16 heavy (non-hydrogen) atoms. The summed E-state index contributed by atoms with van der Waals surface area (Å²) in [7, 11) is 0. The second kappa shape index (κ2) is 5.39. The lowest BCUT2D eigenvalue weighted by atomic mass is 9.88. The summed E-state index contributed by atoms with van der Waals surface area (Å²) in [5, 5.41) is 4.95. The monoisotopic (exact) mass is 259 g/mol. The van der Waals surface area contributed by atoms with E-state index in [0.717, 1.165) is 22.2 Å². The van der Waals surface area contributed by atoms with Crippen LogP contribution in [0.2, 0.25) is 10.0 Å². The molecule has 0 aromatic heterocycles. The summed E-state index contributed by atoms with van der Waals surface area (Å²) >= 11 is 12.0. The molecule has 0 aliphatic rings. The molecule has 1 nitrogen and oxygen atoms in total. The lowest BCUT2D eigenvalue weighted by molar-refractivity contribution is 0.285. The third-order valence-electron chi connectivity index (χ3n) is 2.91. The van der Waals surface area contributed by atoms with Crippen molar-refractivity contribution < 1.29 is 0 Å². The Hall–Kier alpha value is -0.240. The average Bonchev–Trinajstić information content (AvgIpc) is 2.17. The summed E-state index contributed by atoms with van der Waals surface area (Å²) in [4.78, 5) is 0. The molecule has 0 saturated heterocycles. The van der Waals surface area contributed by atoms with Crippen molar-refractivity contribution in [2.45, 2.75) is 40.3 Å². The SMILES string of the molecule is CC(NCc1cc(Cl)ccc1Cl)C(C)(C)C. The maximum atomic E-state index is 6.10. The van der Waals surface area contributed by atoms with Crippen molar-refractivity contribution in [3.8, 4) is 0 Å². The molecule has 90 valence electrons. The van der Waals surface area contributed by atoms with Crippen LogP contribution in [0.4, 0.5) is 0 Å². The lowest BCUT2D eigenvalue weighted by Crippen LogP contribution is -2.37. The molecule has 3 heteroatoms. The van der Waals surface area contributed by atoms with Gasteiger partial charge in [0.05, 0.1) is 0 Å². The molecular weight excluding hydrogens is 241 g/mol. The van der Waals surface area contributed by atoms with Crippen LogP contribution >= 0.6 is 23.2 Å². The van der Waals surface area contributed by atoms with E-state index in [-0.39, 0.29) is 5.41 Å². The number of hydrogen-bond donors (Lipinski definition) is 1. The molecule has 0 amide bonds. The van der Waals surface area contributed by atoms with E-state index in [1.807, 2.05) is 12.1 Å². The fourth-order valence-electron chi connectivity index (χ4n) is 1.25. The first kappa shape index (κ1) is 13.8. The molecule has 1 rings (SSSR count). The molecule has 0 saturated carbocycles. The number of rotatable bonds is 3. The zero-order chi connectivity index (χ0) is 12.3. The summed E-state index contributed by atoms with van der Waals surface area (Å²) in [6.07, 6.45) is 0. The summed E-state index contributed by atoms with van der Waals surface area (Å²) < 4.78 is 0. The zero-order valence-electron chi connectivity index (χ0n) is 10.3. The molecule has 0 fully saturated rings. The van der Waals surface area contributed by atoms with E-state index in [2.05, 4.69) is 33.0 Å². The Kier molecular flexibility index (Phi) is 4.66. The van der Waals surface area contributed by atoms with Gasteiger partial charge in [-0.3, -0.25) is 0 Å². The van der Waals surface area contributed by atoms with Crippen molar-refractivity contribution in [3.05, 3.63) is 33.8 Å². The van der Waals surface area contributed by atoms with Crippen LogP contribution in [0, 0.1) is 5.41 Å².